The molecular formula is C24H23FN4O. The molecule has 1 aromatic heterocycles. The number of hydrogen-bond acceptors (Lipinski definition) is 5. The van der Waals surface area contributed by atoms with Crippen molar-refractivity contribution >= 4 is 17.8 Å². The van der Waals surface area contributed by atoms with Gasteiger partial charge in [-0.1, -0.05) is 48.6 Å². The topological polar surface area (TPSA) is 81.2 Å². The standard InChI is InChI=1S/C24H23FN4O/c1-16(10-18-4-3-5-20(25)12-18)11-23(30)19-8-6-17(7-9-19)13-22-21(14-27-2)24(26)29-15-28-22/h3-9,12,14-15H,1,10-11,13H2,2H3,(H2,26,28,29). The zero-order valence-electron chi connectivity index (χ0n) is 16.8. The molecule has 0 aliphatic carbocycles. The highest BCUT2D eigenvalue weighted by Crippen LogP contribution is 2.18. The van der Waals surface area contributed by atoms with Gasteiger partial charge < -0.3 is 5.73 Å². The van der Waals surface area contributed by atoms with Gasteiger partial charge in [-0.25, -0.2) is 14.4 Å². The van der Waals surface area contributed by atoms with Crippen molar-refractivity contribution in [1.82, 2.24) is 9.97 Å². The first kappa shape index (κ1) is 21.0. The number of carbonyl (C=O) groups excluding carboxylic acids is 1. The molecule has 0 fully saturated rings. The van der Waals surface area contributed by atoms with Crippen LogP contribution < -0.4 is 5.73 Å². The van der Waals surface area contributed by atoms with Crippen LogP contribution in [-0.4, -0.2) is 29.0 Å². The number of hydrogen-bond donors (Lipinski definition) is 1. The van der Waals surface area contributed by atoms with Crippen molar-refractivity contribution in [3.8, 4) is 0 Å². The third-order valence-corrected chi connectivity index (χ3v) is 4.66. The number of carbonyl (C=O) groups is 1. The second kappa shape index (κ2) is 9.69. The summed E-state index contributed by atoms with van der Waals surface area (Å²) in [6, 6.07) is 13.7. The Morgan fingerprint density at radius 2 is 1.93 bits per heavy atom. The number of nitrogens with zero attached hydrogens (tertiary/aromatic N) is 3. The summed E-state index contributed by atoms with van der Waals surface area (Å²) < 4.78 is 13.3. The van der Waals surface area contributed by atoms with Crippen molar-refractivity contribution in [2.45, 2.75) is 19.3 Å². The molecule has 0 amide bonds. The Bertz CT molecular complexity index is 1090. The van der Waals surface area contributed by atoms with Crippen molar-refractivity contribution in [3.63, 3.8) is 0 Å². The average molecular weight is 402 g/mol. The molecular weight excluding hydrogens is 379 g/mol. The first-order valence-corrected chi connectivity index (χ1v) is 9.51. The number of anilines is 1. The van der Waals surface area contributed by atoms with Gasteiger partial charge in [0.15, 0.2) is 5.78 Å². The van der Waals surface area contributed by atoms with Crippen LogP contribution in [0.3, 0.4) is 0 Å². The quantitative estimate of drug-likeness (QED) is 0.348. The van der Waals surface area contributed by atoms with E-state index < -0.39 is 0 Å². The highest BCUT2D eigenvalue weighted by Gasteiger charge is 2.11. The van der Waals surface area contributed by atoms with E-state index in [2.05, 4.69) is 21.5 Å². The van der Waals surface area contributed by atoms with Gasteiger partial charge in [0, 0.05) is 31.7 Å². The van der Waals surface area contributed by atoms with Gasteiger partial charge in [0.2, 0.25) is 0 Å². The highest BCUT2D eigenvalue weighted by atomic mass is 19.1. The lowest BCUT2D eigenvalue weighted by Gasteiger charge is -2.08. The second-order valence-electron chi connectivity index (χ2n) is 7.04. The van der Waals surface area contributed by atoms with E-state index in [-0.39, 0.29) is 18.0 Å². The Morgan fingerprint density at radius 1 is 1.17 bits per heavy atom. The summed E-state index contributed by atoms with van der Waals surface area (Å²) in [6.45, 7) is 3.97. The third-order valence-electron chi connectivity index (χ3n) is 4.66. The minimum atomic E-state index is -0.291. The number of nitrogen functional groups attached to an aromatic ring is 1. The van der Waals surface area contributed by atoms with Gasteiger partial charge in [-0.05, 0) is 29.7 Å². The van der Waals surface area contributed by atoms with Gasteiger partial charge in [-0.15, -0.1) is 0 Å². The summed E-state index contributed by atoms with van der Waals surface area (Å²) in [5, 5.41) is 0. The number of halogens is 1. The van der Waals surface area contributed by atoms with E-state index in [0.29, 0.717) is 29.8 Å². The van der Waals surface area contributed by atoms with Crippen LogP contribution in [0.2, 0.25) is 0 Å². The molecule has 0 saturated heterocycles. The number of aliphatic imine (C=N–C) groups is 1. The van der Waals surface area contributed by atoms with Crippen molar-refractivity contribution in [2.75, 3.05) is 12.8 Å². The summed E-state index contributed by atoms with van der Waals surface area (Å²) in [7, 11) is 1.67. The van der Waals surface area contributed by atoms with Crippen molar-refractivity contribution in [2.24, 2.45) is 4.99 Å². The van der Waals surface area contributed by atoms with Gasteiger partial charge in [0.1, 0.15) is 18.0 Å². The van der Waals surface area contributed by atoms with E-state index in [1.165, 1.54) is 18.5 Å². The van der Waals surface area contributed by atoms with Crippen LogP contribution in [0.25, 0.3) is 0 Å². The van der Waals surface area contributed by atoms with Crippen LogP contribution in [0.4, 0.5) is 10.2 Å². The molecule has 0 atom stereocenters. The zero-order valence-corrected chi connectivity index (χ0v) is 16.8. The monoisotopic (exact) mass is 402 g/mol. The average Bonchev–Trinajstić information content (AvgIpc) is 2.71. The first-order valence-electron chi connectivity index (χ1n) is 9.51. The van der Waals surface area contributed by atoms with E-state index in [0.717, 1.165) is 22.4 Å². The fraction of sp³-hybridized carbons (Fsp3) is 0.167. The molecule has 1 heterocycles. The molecule has 30 heavy (non-hydrogen) atoms. The van der Waals surface area contributed by atoms with Gasteiger partial charge in [0.25, 0.3) is 0 Å². The summed E-state index contributed by atoms with van der Waals surface area (Å²) >= 11 is 0. The molecule has 0 saturated carbocycles. The molecule has 2 aromatic carbocycles. The zero-order chi connectivity index (χ0) is 21.5. The first-order chi connectivity index (χ1) is 14.5. The number of allylic oxidation sites excluding steroid dienone is 1. The van der Waals surface area contributed by atoms with Gasteiger partial charge in [0.05, 0.1) is 11.3 Å². The summed E-state index contributed by atoms with van der Waals surface area (Å²) in [5.74, 6) is 0.0725. The van der Waals surface area contributed by atoms with Gasteiger partial charge >= 0.3 is 0 Å². The SMILES string of the molecule is C=C(CC(=O)c1ccc(Cc2ncnc(N)c2C=NC)cc1)Cc1cccc(F)c1. The number of ketones is 1. The fourth-order valence-electron chi connectivity index (χ4n) is 3.19. The highest BCUT2D eigenvalue weighted by molar-refractivity contribution is 5.97. The molecule has 152 valence electrons. The molecule has 6 heteroatoms. The predicted molar refractivity (Wildman–Crippen MR) is 117 cm³/mol. The van der Waals surface area contributed by atoms with E-state index in [1.54, 1.807) is 31.5 Å². The molecule has 0 aliphatic heterocycles. The normalized spacial score (nSPS) is 11.0. The Morgan fingerprint density at radius 3 is 2.63 bits per heavy atom. The Labute approximate surface area is 175 Å². The second-order valence-corrected chi connectivity index (χ2v) is 7.04. The number of nitrogens with two attached hydrogens (primary N) is 1. The van der Waals surface area contributed by atoms with E-state index in [4.69, 9.17) is 5.73 Å². The Hall–Kier alpha value is -3.67. The molecule has 0 unspecified atom stereocenters. The maximum Gasteiger partial charge on any atom is 0.166 e. The van der Waals surface area contributed by atoms with Crippen molar-refractivity contribution in [3.05, 3.63) is 101 Å². The predicted octanol–water partition coefficient (Wildman–Crippen LogP) is 4.21. The number of rotatable bonds is 8. The molecule has 2 N–H and O–H groups in total. The lowest BCUT2D eigenvalue weighted by molar-refractivity contribution is 0.0992. The van der Waals surface area contributed by atoms with Gasteiger partial charge in [-0.3, -0.25) is 9.79 Å². The van der Waals surface area contributed by atoms with Crippen LogP contribution in [-0.2, 0) is 12.8 Å². The Kier molecular flexibility index (Phi) is 6.80. The van der Waals surface area contributed by atoms with Crippen LogP contribution in [0, 0.1) is 5.82 Å². The molecule has 3 rings (SSSR count). The minimum Gasteiger partial charge on any atom is -0.383 e. The molecule has 3 aromatic rings. The lowest BCUT2D eigenvalue weighted by Crippen LogP contribution is -2.06. The fourth-order valence-corrected chi connectivity index (χ4v) is 3.19. The summed E-state index contributed by atoms with van der Waals surface area (Å²) in [4.78, 5) is 24.9. The molecule has 0 radical (unpaired) electrons. The van der Waals surface area contributed by atoms with Gasteiger partial charge in [-0.2, -0.15) is 0 Å². The largest absolute Gasteiger partial charge is 0.383 e. The van der Waals surface area contributed by atoms with Crippen molar-refractivity contribution < 1.29 is 9.18 Å². The molecule has 5 nitrogen and oxygen atoms in total. The van der Waals surface area contributed by atoms with Crippen LogP contribution in [0.5, 0.6) is 0 Å². The van der Waals surface area contributed by atoms with Crippen LogP contribution in [0.1, 0.15) is 39.2 Å². The number of aromatic nitrogens is 2. The summed E-state index contributed by atoms with van der Waals surface area (Å²) in [5.41, 5.74) is 10.5. The smallest absolute Gasteiger partial charge is 0.166 e. The third kappa shape index (κ3) is 5.44. The maximum absolute atomic E-state index is 13.3. The number of benzene rings is 2. The van der Waals surface area contributed by atoms with E-state index in [9.17, 15) is 9.18 Å². The van der Waals surface area contributed by atoms with E-state index in [1.807, 2.05) is 18.2 Å². The Balaban J connectivity index is 1.65. The molecule has 0 aliphatic rings. The molecule has 0 bridgehead atoms. The van der Waals surface area contributed by atoms with Crippen LogP contribution >= 0.6 is 0 Å². The number of Topliss-reactive ketones (excluding diaryl/α,β-unsaturated/α-hetero) is 1. The van der Waals surface area contributed by atoms with Crippen molar-refractivity contribution in [1.29, 1.82) is 0 Å². The summed E-state index contributed by atoms with van der Waals surface area (Å²) in [6.07, 6.45) is 4.31. The lowest BCUT2D eigenvalue weighted by atomic mass is 9.97. The molecule has 0 spiro atoms. The van der Waals surface area contributed by atoms with E-state index >= 15 is 0 Å². The minimum absolute atomic E-state index is 0.0203. The maximum atomic E-state index is 13.3. The van der Waals surface area contributed by atoms with Crippen LogP contribution in [0.15, 0.2) is 72.0 Å².